The lowest BCUT2D eigenvalue weighted by Crippen LogP contribution is -2.10. The molecule has 1 heterocycles. The fourth-order valence-corrected chi connectivity index (χ4v) is 2.85. The van der Waals surface area contributed by atoms with E-state index in [0.29, 0.717) is 17.2 Å². The minimum atomic E-state index is 0.127. The van der Waals surface area contributed by atoms with Crippen molar-refractivity contribution in [1.82, 2.24) is 14.9 Å². The second-order valence-electron chi connectivity index (χ2n) is 7.24. The highest BCUT2D eigenvalue weighted by Crippen LogP contribution is 2.23. The summed E-state index contributed by atoms with van der Waals surface area (Å²) in [6.45, 7) is 9.16. The molecule has 3 rings (SSSR count). The second-order valence-corrected chi connectivity index (χ2v) is 7.63. The first-order valence-electron chi connectivity index (χ1n) is 8.94. The number of hydrogen-bond donors (Lipinski definition) is 1. The Bertz CT molecular complexity index is 994. The quantitative estimate of drug-likeness (QED) is 0.490. The highest BCUT2D eigenvalue weighted by atomic mass is 32.1. The Morgan fingerprint density at radius 3 is 2.59 bits per heavy atom. The van der Waals surface area contributed by atoms with Crippen molar-refractivity contribution in [2.75, 3.05) is 6.61 Å². The van der Waals surface area contributed by atoms with Crippen LogP contribution in [0, 0.1) is 4.77 Å². The number of H-pyrrole nitrogens is 1. The van der Waals surface area contributed by atoms with Gasteiger partial charge in [0.05, 0.1) is 12.8 Å². The van der Waals surface area contributed by atoms with Gasteiger partial charge in [-0.15, -0.1) is 0 Å². The van der Waals surface area contributed by atoms with Gasteiger partial charge in [-0.05, 0) is 47.8 Å². The molecule has 3 aromatic rings. The number of rotatable bonds is 5. The van der Waals surface area contributed by atoms with Gasteiger partial charge >= 0.3 is 0 Å². The Hall–Kier alpha value is -2.73. The van der Waals surface area contributed by atoms with E-state index < -0.39 is 0 Å². The van der Waals surface area contributed by atoms with Crippen LogP contribution in [0.5, 0.6) is 5.75 Å². The van der Waals surface area contributed by atoms with Gasteiger partial charge in [-0.2, -0.15) is 14.9 Å². The van der Waals surface area contributed by atoms with Crippen LogP contribution in [0.1, 0.15) is 38.8 Å². The molecule has 140 valence electrons. The van der Waals surface area contributed by atoms with Crippen LogP contribution in [0.25, 0.3) is 11.4 Å². The number of benzene rings is 2. The van der Waals surface area contributed by atoms with Crippen molar-refractivity contribution in [3.05, 3.63) is 64.4 Å². The third kappa shape index (κ3) is 4.52. The van der Waals surface area contributed by atoms with Crippen LogP contribution < -0.4 is 4.74 Å². The molecule has 6 heteroatoms. The monoisotopic (exact) mass is 380 g/mol. The van der Waals surface area contributed by atoms with Gasteiger partial charge in [0.2, 0.25) is 4.77 Å². The zero-order valence-electron chi connectivity index (χ0n) is 16.1. The van der Waals surface area contributed by atoms with Crippen molar-refractivity contribution >= 4 is 18.4 Å². The fourth-order valence-electron chi connectivity index (χ4n) is 2.67. The molecule has 0 fully saturated rings. The molecule has 0 aliphatic carbocycles. The second kappa shape index (κ2) is 7.88. The predicted molar refractivity (Wildman–Crippen MR) is 112 cm³/mol. The van der Waals surface area contributed by atoms with E-state index in [1.165, 1.54) is 5.56 Å². The molecular weight excluding hydrogens is 356 g/mol. The van der Waals surface area contributed by atoms with Gasteiger partial charge in [-0.25, -0.2) is 5.10 Å². The van der Waals surface area contributed by atoms with E-state index >= 15 is 0 Å². The summed E-state index contributed by atoms with van der Waals surface area (Å²) >= 11 is 5.34. The van der Waals surface area contributed by atoms with Gasteiger partial charge in [0.1, 0.15) is 5.75 Å². The average molecular weight is 381 g/mol. The van der Waals surface area contributed by atoms with E-state index in [0.717, 1.165) is 16.9 Å². The molecule has 0 amide bonds. The molecule has 0 radical (unpaired) electrons. The molecule has 0 unspecified atom stereocenters. The molecule has 0 spiro atoms. The molecular formula is C21H24N4OS. The Balaban J connectivity index is 1.90. The van der Waals surface area contributed by atoms with Gasteiger partial charge in [-0.3, -0.25) is 0 Å². The summed E-state index contributed by atoms with van der Waals surface area (Å²) < 4.78 is 7.63. The van der Waals surface area contributed by atoms with E-state index in [-0.39, 0.29) is 5.41 Å². The average Bonchev–Trinajstić information content (AvgIpc) is 3.01. The summed E-state index contributed by atoms with van der Waals surface area (Å²) in [6.07, 6.45) is 1.79. The van der Waals surface area contributed by atoms with E-state index in [4.69, 9.17) is 17.0 Å². The van der Waals surface area contributed by atoms with Gasteiger partial charge in [-0.1, -0.05) is 57.2 Å². The molecule has 1 aromatic heterocycles. The third-order valence-electron chi connectivity index (χ3n) is 4.15. The molecule has 5 nitrogen and oxygen atoms in total. The lowest BCUT2D eigenvalue weighted by Gasteiger charge is -2.18. The summed E-state index contributed by atoms with van der Waals surface area (Å²) in [6, 6.07) is 16.1. The normalized spacial score (nSPS) is 11.9. The van der Waals surface area contributed by atoms with Crippen molar-refractivity contribution in [2.24, 2.45) is 5.10 Å². The van der Waals surface area contributed by atoms with Crippen molar-refractivity contribution < 1.29 is 4.74 Å². The number of aromatic nitrogens is 3. The van der Waals surface area contributed by atoms with Gasteiger partial charge in [0.25, 0.3) is 0 Å². The molecule has 0 aliphatic rings. The topological polar surface area (TPSA) is 55.2 Å². The standard InChI is InChI=1S/C21H24N4OS/c1-5-26-18-8-6-7-16(13-18)19-23-24-20(27)25(19)22-14-15-9-11-17(12-10-15)21(2,3)4/h6-14H,5H2,1-4H3,(H,24,27)/b22-14-. The van der Waals surface area contributed by atoms with E-state index in [1.807, 2.05) is 31.2 Å². The molecule has 27 heavy (non-hydrogen) atoms. The minimum absolute atomic E-state index is 0.127. The van der Waals surface area contributed by atoms with Crippen LogP contribution in [0.3, 0.4) is 0 Å². The van der Waals surface area contributed by atoms with E-state index in [2.05, 4.69) is 60.3 Å². The summed E-state index contributed by atoms with van der Waals surface area (Å²) in [4.78, 5) is 0. The molecule has 0 aliphatic heterocycles. The molecule has 0 bridgehead atoms. The lowest BCUT2D eigenvalue weighted by atomic mass is 9.87. The van der Waals surface area contributed by atoms with Crippen LogP contribution in [-0.4, -0.2) is 27.7 Å². The summed E-state index contributed by atoms with van der Waals surface area (Å²) in [5.41, 5.74) is 3.29. The number of nitrogens with one attached hydrogen (secondary N) is 1. The maximum atomic E-state index is 5.57. The first kappa shape index (κ1) is 19.0. The van der Waals surface area contributed by atoms with Crippen LogP contribution in [0.15, 0.2) is 53.6 Å². The largest absolute Gasteiger partial charge is 0.494 e. The fraction of sp³-hybridized carbons (Fsp3) is 0.286. The first-order chi connectivity index (χ1) is 12.9. The van der Waals surface area contributed by atoms with Crippen LogP contribution in [0.2, 0.25) is 0 Å². The third-order valence-corrected chi connectivity index (χ3v) is 4.42. The molecule has 0 saturated carbocycles. The van der Waals surface area contributed by atoms with Crippen molar-refractivity contribution in [1.29, 1.82) is 0 Å². The highest BCUT2D eigenvalue weighted by molar-refractivity contribution is 7.71. The zero-order chi connectivity index (χ0) is 19.4. The summed E-state index contributed by atoms with van der Waals surface area (Å²) in [7, 11) is 0. The van der Waals surface area contributed by atoms with E-state index in [1.54, 1.807) is 10.9 Å². The zero-order valence-corrected chi connectivity index (χ0v) is 16.9. The van der Waals surface area contributed by atoms with E-state index in [9.17, 15) is 0 Å². The van der Waals surface area contributed by atoms with Crippen LogP contribution in [-0.2, 0) is 5.41 Å². The number of nitrogens with zero attached hydrogens (tertiary/aromatic N) is 3. The Labute approximate surface area is 164 Å². The Morgan fingerprint density at radius 2 is 1.93 bits per heavy atom. The van der Waals surface area contributed by atoms with Crippen LogP contribution in [0.4, 0.5) is 0 Å². The number of aromatic amines is 1. The van der Waals surface area contributed by atoms with Gasteiger partial charge < -0.3 is 4.74 Å². The lowest BCUT2D eigenvalue weighted by molar-refractivity contribution is 0.340. The number of hydrogen-bond acceptors (Lipinski definition) is 4. The molecule has 1 N–H and O–H groups in total. The van der Waals surface area contributed by atoms with Crippen molar-refractivity contribution in [3.63, 3.8) is 0 Å². The van der Waals surface area contributed by atoms with Gasteiger partial charge in [0, 0.05) is 5.56 Å². The van der Waals surface area contributed by atoms with Gasteiger partial charge in [0.15, 0.2) is 5.82 Å². The minimum Gasteiger partial charge on any atom is -0.494 e. The predicted octanol–water partition coefficient (Wildman–Crippen LogP) is 5.19. The highest BCUT2D eigenvalue weighted by Gasteiger charge is 2.13. The Kier molecular flexibility index (Phi) is 5.56. The molecule has 2 aromatic carbocycles. The summed E-state index contributed by atoms with van der Waals surface area (Å²) in [5.74, 6) is 1.43. The SMILES string of the molecule is CCOc1cccc(-c2n[nH]c(=S)n2/N=C\c2ccc(C(C)(C)C)cc2)c1. The van der Waals surface area contributed by atoms with Crippen LogP contribution >= 0.6 is 12.2 Å². The smallest absolute Gasteiger partial charge is 0.216 e. The molecule has 0 atom stereocenters. The Morgan fingerprint density at radius 1 is 1.19 bits per heavy atom. The summed E-state index contributed by atoms with van der Waals surface area (Å²) in [5, 5.41) is 11.7. The van der Waals surface area contributed by atoms with Crippen molar-refractivity contribution in [3.8, 4) is 17.1 Å². The molecule has 0 saturated heterocycles. The first-order valence-corrected chi connectivity index (χ1v) is 9.35. The van der Waals surface area contributed by atoms with Crippen molar-refractivity contribution in [2.45, 2.75) is 33.1 Å². The number of ether oxygens (including phenoxy) is 1. The maximum absolute atomic E-state index is 5.57. The maximum Gasteiger partial charge on any atom is 0.216 e.